The second-order valence-electron chi connectivity index (χ2n) is 5.17. The number of carbonyl (C=O) groups is 1. The first-order chi connectivity index (χ1) is 11.5. The van der Waals surface area contributed by atoms with Gasteiger partial charge in [-0.1, -0.05) is 24.3 Å². The number of carbonyl (C=O) groups excluding carboxylic acids is 1. The summed E-state index contributed by atoms with van der Waals surface area (Å²) in [4.78, 5) is 24.1. The van der Waals surface area contributed by atoms with Crippen molar-refractivity contribution in [3.63, 3.8) is 0 Å². The third kappa shape index (κ3) is 4.74. The molecule has 2 aromatic rings. The molecule has 0 fully saturated rings. The van der Waals surface area contributed by atoms with Crippen LogP contribution in [0.3, 0.4) is 0 Å². The van der Waals surface area contributed by atoms with Gasteiger partial charge < -0.3 is 4.90 Å². The van der Waals surface area contributed by atoms with Gasteiger partial charge in [0.05, 0.1) is 4.92 Å². The lowest BCUT2D eigenvalue weighted by atomic mass is 10.1. The first-order valence-electron chi connectivity index (χ1n) is 7.45. The molecule has 0 saturated heterocycles. The van der Waals surface area contributed by atoms with Gasteiger partial charge in [-0.05, 0) is 36.3 Å². The maximum atomic E-state index is 13.2. The second kappa shape index (κ2) is 8.01. The zero-order chi connectivity index (χ0) is 17.5. The van der Waals surface area contributed by atoms with Crippen LogP contribution in [-0.2, 0) is 11.3 Å². The van der Waals surface area contributed by atoms with Gasteiger partial charge in [-0.3, -0.25) is 14.9 Å². The maximum absolute atomic E-state index is 13.2. The fourth-order valence-electron chi connectivity index (χ4n) is 2.22. The Morgan fingerprint density at radius 2 is 2.00 bits per heavy atom. The average Bonchev–Trinajstić information content (AvgIpc) is 2.58. The number of likely N-dealkylation sites (N-methyl/N-ethyl adjacent to an activating group) is 1. The minimum Gasteiger partial charge on any atom is -0.335 e. The van der Waals surface area contributed by atoms with E-state index in [0.717, 1.165) is 0 Å². The lowest BCUT2D eigenvalue weighted by molar-refractivity contribution is -0.384. The molecule has 0 aliphatic heterocycles. The van der Waals surface area contributed by atoms with E-state index in [-0.39, 0.29) is 17.4 Å². The highest BCUT2D eigenvalue weighted by Gasteiger charge is 2.10. The minimum absolute atomic E-state index is 0.0308. The van der Waals surface area contributed by atoms with Crippen molar-refractivity contribution in [2.45, 2.75) is 13.5 Å². The Morgan fingerprint density at radius 1 is 1.25 bits per heavy atom. The number of rotatable bonds is 6. The molecule has 0 N–H and O–H groups in total. The van der Waals surface area contributed by atoms with Crippen molar-refractivity contribution in [1.82, 2.24) is 4.90 Å². The molecule has 0 aromatic heterocycles. The number of nitrogens with zero attached hydrogens (tertiary/aromatic N) is 2. The Bertz CT molecular complexity index is 774. The predicted octanol–water partition coefficient (Wildman–Crippen LogP) is 3.80. The fraction of sp³-hybridized carbons (Fsp3) is 0.167. The highest BCUT2D eigenvalue weighted by Crippen LogP contribution is 2.14. The van der Waals surface area contributed by atoms with E-state index in [4.69, 9.17) is 0 Å². The van der Waals surface area contributed by atoms with Crippen molar-refractivity contribution in [2.75, 3.05) is 6.54 Å². The van der Waals surface area contributed by atoms with E-state index < -0.39 is 4.92 Å². The van der Waals surface area contributed by atoms with E-state index >= 15 is 0 Å². The van der Waals surface area contributed by atoms with Gasteiger partial charge in [0.2, 0.25) is 5.91 Å². The molecule has 2 aromatic carbocycles. The Labute approximate surface area is 139 Å². The van der Waals surface area contributed by atoms with Crippen LogP contribution in [0, 0.1) is 15.9 Å². The first kappa shape index (κ1) is 17.3. The molecule has 0 spiro atoms. The molecule has 124 valence electrons. The van der Waals surface area contributed by atoms with E-state index in [1.54, 1.807) is 29.2 Å². The summed E-state index contributed by atoms with van der Waals surface area (Å²) in [5.41, 5.74) is 1.24. The SMILES string of the molecule is CCN(Cc1cccc(F)c1)C(=O)/C=C/c1cccc([N+](=O)[O-])c1. The molecule has 6 heteroatoms. The number of nitro benzene ring substituents is 1. The van der Waals surface area contributed by atoms with Gasteiger partial charge in [0.25, 0.3) is 5.69 Å². The molecule has 0 aliphatic rings. The van der Waals surface area contributed by atoms with E-state index in [0.29, 0.717) is 24.2 Å². The van der Waals surface area contributed by atoms with Crippen LogP contribution >= 0.6 is 0 Å². The largest absolute Gasteiger partial charge is 0.335 e. The number of hydrogen-bond donors (Lipinski definition) is 0. The smallest absolute Gasteiger partial charge is 0.270 e. The zero-order valence-corrected chi connectivity index (χ0v) is 13.2. The van der Waals surface area contributed by atoms with Crippen molar-refractivity contribution >= 4 is 17.7 Å². The summed E-state index contributed by atoms with van der Waals surface area (Å²) in [6.45, 7) is 2.60. The monoisotopic (exact) mass is 328 g/mol. The van der Waals surface area contributed by atoms with Crippen LogP contribution < -0.4 is 0 Å². The number of non-ortho nitro benzene ring substituents is 1. The summed E-state index contributed by atoms with van der Waals surface area (Å²) in [6.07, 6.45) is 2.89. The molecule has 0 heterocycles. The standard InChI is InChI=1S/C18H17FN2O3/c1-2-20(13-15-6-3-7-16(19)11-15)18(22)10-9-14-5-4-8-17(12-14)21(23)24/h3-12H,2,13H2,1H3/b10-9+. The average molecular weight is 328 g/mol. The van der Waals surface area contributed by atoms with Crippen LogP contribution in [0.2, 0.25) is 0 Å². The van der Waals surface area contributed by atoms with Crippen LogP contribution in [0.25, 0.3) is 6.08 Å². The summed E-state index contributed by atoms with van der Waals surface area (Å²) >= 11 is 0. The number of benzene rings is 2. The maximum Gasteiger partial charge on any atom is 0.270 e. The van der Waals surface area contributed by atoms with Gasteiger partial charge in [0, 0.05) is 31.3 Å². The molecular weight excluding hydrogens is 311 g/mol. The zero-order valence-electron chi connectivity index (χ0n) is 13.2. The summed E-state index contributed by atoms with van der Waals surface area (Å²) < 4.78 is 13.2. The molecule has 0 saturated carbocycles. The normalized spacial score (nSPS) is 10.8. The van der Waals surface area contributed by atoms with Crippen molar-refractivity contribution in [1.29, 1.82) is 0 Å². The van der Waals surface area contributed by atoms with Crippen LogP contribution in [-0.4, -0.2) is 22.3 Å². The Hall–Kier alpha value is -3.02. The van der Waals surface area contributed by atoms with Gasteiger partial charge in [-0.2, -0.15) is 0 Å². The summed E-state index contributed by atoms with van der Waals surface area (Å²) in [5, 5.41) is 10.8. The molecule has 0 atom stereocenters. The van der Waals surface area contributed by atoms with Crippen molar-refractivity contribution in [2.24, 2.45) is 0 Å². The topological polar surface area (TPSA) is 63.5 Å². The number of nitro groups is 1. The van der Waals surface area contributed by atoms with Crippen LogP contribution in [0.4, 0.5) is 10.1 Å². The van der Waals surface area contributed by atoms with Crippen LogP contribution in [0.15, 0.2) is 54.6 Å². The molecular formula is C18H17FN2O3. The second-order valence-corrected chi connectivity index (χ2v) is 5.17. The van der Waals surface area contributed by atoms with Gasteiger partial charge in [-0.15, -0.1) is 0 Å². The Kier molecular flexibility index (Phi) is 5.78. The molecule has 2 rings (SSSR count). The van der Waals surface area contributed by atoms with Gasteiger partial charge >= 0.3 is 0 Å². The highest BCUT2D eigenvalue weighted by atomic mass is 19.1. The van der Waals surface area contributed by atoms with Crippen molar-refractivity contribution in [3.05, 3.63) is 81.7 Å². The first-order valence-corrected chi connectivity index (χ1v) is 7.45. The van der Waals surface area contributed by atoms with E-state index in [9.17, 15) is 19.3 Å². The van der Waals surface area contributed by atoms with Gasteiger partial charge in [0.15, 0.2) is 0 Å². The highest BCUT2D eigenvalue weighted by molar-refractivity contribution is 5.91. The molecule has 5 nitrogen and oxygen atoms in total. The molecule has 0 aliphatic carbocycles. The Balaban J connectivity index is 2.08. The molecule has 0 unspecified atom stereocenters. The summed E-state index contributed by atoms with van der Waals surface area (Å²) in [5.74, 6) is -0.587. The molecule has 24 heavy (non-hydrogen) atoms. The molecule has 0 bridgehead atoms. The third-order valence-corrected chi connectivity index (χ3v) is 3.46. The van der Waals surface area contributed by atoms with E-state index in [1.807, 2.05) is 6.92 Å². The number of hydrogen-bond acceptors (Lipinski definition) is 3. The quantitative estimate of drug-likeness (QED) is 0.460. The lowest BCUT2D eigenvalue weighted by Gasteiger charge is -2.19. The molecule has 0 radical (unpaired) electrons. The lowest BCUT2D eigenvalue weighted by Crippen LogP contribution is -2.28. The number of halogens is 1. The van der Waals surface area contributed by atoms with E-state index in [1.165, 1.54) is 36.4 Å². The fourth-order valence-corrected chi connectivity index (χ4v) is 2.22. The van der Waals surface area contributed by atoms with Crippen molar-refractivity contribution in [3.8, 4) is 0 Å². The van der Waals surface area contributed by atoms with E-state index in [2.05, 4.69) is 0 Å². The number of amides is 1. The van der Waals surface area contributed by atoms with Crippen LogP contribution in [0.1, 0.15) is 18.1 Å². The minimum atomic E-state index is -0.485. The van der Waals surface area contributed by atoms with Crippen molar-refractivity contribution < 1.29 is 14.1 Å². The van der Waals surface area contributed by atoms with Gasteiger partial charge in [-0.25, -0.2) is 4.39 Å². The summed E-state index contributed by atoms with van der Waals surface area (Å²) in [7, 11) is 0. The predicted molar refractivity (Wildman–Crippen MR) is 89.6 cm³/mol. The van der Waals surface area contributed by atoms with Crippen LogP contribution in [0.5, 0.6) is 0 Å². The molecule has 1 amide bonds. The summed E-state index contributed by atoms with van der Waals surface area (Å²) in [6, 6.07) is 12.1. The third-order valence-electron chi connectivity index (χ3n) is 3.46. The van der Waals surface area contributed by atoms with Gasteiger partial charge in [0.1, 0.15) is 5.82 Å². The Morgan fingerprint density at radius 3 is 2.67 bits per heavy atom.